The van der Waals surface area contributed by atoms with Crippen molar-refractivity contribution in [2.24, 2.45) is 0 Å². The van der Waals surface area contributed by atoms with E-state index in [1.54, 1.807) is 0 Å². The first kappa shape index (κ1) is 12.8. The Morgan fingerprint density at radius 3 is 2.71 bits per heavy atom. The molecule has 1 heterocycles. The first-order valence-corrected chi connectivity index (χ1v) is 7.00. The standard InChI is InChI=1S/C13H17IN2O/c1-16(12-3-2-8-15-9-12)13(17)10-4-6-11(14)7-5-10/h4-7,12,15H,2-3,8-9H2,1H3/t12-/m0/s1. The van der Waals surface area contributed by atoms with Gasteiger partial charge >= 0.3 is 0 Å². The second kappa shape index (κ2) is 5.82. The number of hydrogen-bond acceptors (Lipinski definition) is 2. The summed E-state index contributed by atoms with van der Waals surface area (Å²) in [6, 6.07) is 8.07. The number of amides is 1. The van der Waals surface area contributed by atoms with Crippen molar-refractivity contribution in [3.8, 4) is 0 Å². The van der Waals surface area contributed by atoms with E-state index >= 15 is 0 Å². The van der Waals surface area contributed by atoms with E-state index in [0.717, 1.165) is 35.1 Å². The molecule has 0 spiro atoms. The molecular formula is C13H17IN2O. The fourth-order valence-corrected chi connectivity index (χ4v) is 2.49. The second-order valence-corrected chi connectivity index (χ2v) is 5.67. The quantitative estimate of drug-likeness (QED) is 0.834. The minimum atomic E-state index is 0.120. The van der Waals surface area contributed by atoms with Gasteiger partial charge in [0.05, 0.1) is 0 Å². The largest absolute Gasteiger partial charge is 0.337 e. The van der Waals surface area contributed by atoms with Crippen LogP contribution >= 0.6 is 22.6 Å². The van der Waals surface area contributed by atoms with E-state index in [-0.39, 0.29) is 5.91 Å². The molecule has 3 nitrogen and oxygen atoms in total. The maximum atomic E-state index is 12.3. The Labute approximate surface area is 116 Å². The third-order valence-electron chi connectivity index (χ3n) is 3.23. The van der Waals surface area contributed by atoms with Crippen molar-refractivity contribution in [3.05, 3.63) is 33.4 Å². The lowest BCUT2D eigenvalue weighted by molar-refractivity contribution is 0.0708. The van der Waals surface area contributed by atoms with Crippen LogP contribution in [0.3, 0.4) is 0 Å². The maximum absolute atomic E-state index is 12.3. The fraction of sp³-hybridized carbons (Fsp3) is 0.462. The van der Waals surface area contributed by atoms with Gasteiger partial charge in [-0.2, -0.15) is 0 Å². The van der Waals surface area contributed by atoms with Crippen molar-refractivity contribution in [1.82, 2.24) is 10.2 Å². The average Bonchev–Trinajstić information content (AvgIpc) is 2.39. The van der Waals surface area contributed by atoms with Crippen molar-refractivity contribution in [1.29, 1.82) is 0 Å². The zero-order valence-corrected chi connectivity index (χ0v) is 12.1. The Balaban J connectivity index is 2.05. The minimum absolute atomic E-state index is 0.120. The fourth-order valence-electron chi connectivity index (χ4n) is 2.13. The molecule has 1 atom stereocenters. The normalized spacial score (nSPS) is 20.0. The summed E-state index contributed by atoms with van der Waals surface area (Å²) in [5.41, 5.74) is 0.776. The number of carbonyl (C=O) groups is 1. The number of carbonyl (C=O) groups excluding carboxylic acids is 1. The van der Waals surface area contributed by atoms with Crippen molar-refractivity contribution >= 4 is 28.5 Å². The Hall–Kier alpha value is -0.620. The van der Waals surface area contributed by atoms with E-state index in [4.69, 9.17) is 0 Å². The number of likely N-dealkylation sites (N-methyl/N-ethyl adjacent to an activating group) is 1. The highest BCUT2D eigenvalue weighted by Crippen LogP contribution is 2.13. The van der Waals surface area contributed by atoms with Crippen LogP contribution in [0.4, 0.5) is 0 Å². The van der Waals surface area contributed by atoms with Crippen LogP contribution in [0.5, 0.6) is 0 Å². The molecule has 1 aliphatic rings. The first-order valence-electron chi connectivity index (χ1n) is 5.92. The summed E-state index contributed by atoms with van der Waals surface area (Å²) in [5, 5.41) is 3.34. The van der Waals surface area contributed by atoms with Gasteiger partial charge < -0.3 is 10.2 Å². The molecule has 0 unspecified atom stereocenters. The van der Waals surface area contributed by atoms with Crippen molar-refractivity contribution in [2.75, 3.05) is 20.1 Å². The zero-order valence-electron chi connectivity index (χ0n) is 9.95. The molecule has 1 amide bonds. The van der Waals surface area contributed by atoms with Gasteiger partial charge in [-0.3, -0.25) is 4.79 Å². The molecule has 1 aromatic carbocycles. The smallest absolute Gasteiger partial charge is 0.253 e. The van der Waals surface area contributed by atoms with E-state index in [1.165, 1.54) is 0 Å². The average molecular weight is 344 g/mol. The molecule has 4 heteroatoms. The van der Waals surface area contributed by atoms with Gasteiger partial charge in [-0.1, -0.05) is 0 Å². The number of benzene rings is 1. The molecule has 1 aliphatic heterocycles. The summed E-state index contributed by atoms with van der Waals surface area (Å²) >= 11 is 2.25. The zero-order chi connectivity index (χ0) is 12.3. The molecule has 1 N–H and O–H groups in total. The molecule has 92 valence electrons. The first-order chi connectivity index (χ1) is 8.18. The molecule has 0 bridgehead atoms. The number of rotatable bonds is 2. The van der Waals surface area contributed by atoms with E-state index in [2.05, 4.69) is 27.9 Å². The summed E-state index contributed by atoms with van der Waals surface area (Å²) in [6.07, 6.45) is 2.24. The topological polar surface area (TPSA) is 32.3 Å². The predicted octanol–water partition coefficient (Wildman–Crippen LogP) is 2.12. The monoisotopic (exact) mass is 344 g/mol. The minimum Gasteiger partial charge on any atom is -0.337 e. The lowest BCUT2D eigenvalue weighted by Gasteiger charge is -2.31. The summed E-state index contributed by atoms with van der Waals surface area (Å²) < 4.78 is 1.15. The maximum Gasteiger partial charge on any atom is 0.253 e. The summed E-state index contributed by atoms with van der Waals surface area (Å²) in [4.78, 5) is 14.1. The van der Waals surface area contributed by atoms with E-state index in [1.807, 2.05) is 36.2 Å². The van der Waals surface area contributed by atoms with Crippen LogP contribution in [0.1, 0.15) is 23.2 Å². The summed E-state index contributed by atoms with van der Waals surface area (Å²) in [5.74, 6) is 0.120. The van der Waals surface area contributed by atoms with Gasteiger partial charge in [0, 0.05) is 28.8 Å². The Morgan fingerprint density at radius 1 is 1.41 bits per heavy atom. The molecular weight excluding hydrogens is 327 g/mol. The van der Waals surface area contributed by atoms with Gasteiger partial charge in [-0.15, -0.1) is 0 Å². The van der Waals surface area contributed by atoms with Crippen LogP contribution in [0.25, 0.3) is 0 Å². The summed E-state index contributed by atoms with van der Waals surface area (Å²) in [6.45, 7) is 1.98. The van der Waals surface area contributed by atoms with Gasteiger partial charge in [0.15, 0.2) is 0 Å². The highest BCUT2D eigenvalue weighted by Gasteiger charge is 2.22. The van der Waals surface area contributed by atoms with Gasteiger partial charge in [0.2, 0.25) is 0 Å². The van der Waals surface area contributed by atoms with Crippen LogP contribution in [0.15, 0.2) is 24.3 Å². The molecule has 0 aliphatic carbocycles. The molecule has 1 saturated heterocycles. The lowest BCUT2D eigenvalue weighted by atomic mass is 10.1. The molecule has 0 saturated carbocycles. The molecule has 17 heavy (non-hydrogen) atoms. The third kappa shape index (κ3) is 3.19. The third-order valence-corrected chi connectivity index (χ3v) is 3.95. The van der Waals surface area contributed by atoms with Crippen molar-refractivity contribution < 1.29 is 4.79 Å². The number of piperidine rings is 1. The highest BCUT2D eigenvalue weighted by atomic mass is 127. The molecule has 0 aromatic heterocycles. The van der Waals surface area contributed by atoms with Crippen LogP contribution in [-0.2, 0) is 0 Å². The highest BCUT2D eigenvalue weighted by molar-refractivity contribution is 14.1. The van der Waals surface area contributed by atoms with E-state index in [9.17, 15) is 4.79 Å². The van der Waals surface area contributed by atoms with Crippen molar-refractivity contribution in [2.45, 2.75) is 18.9 Å². The number of nitrogens with one attached hydrogen (secondary N) is 1. The van der Waals surface area contributed by atoms with Gasteiger partial charge in [-0.25, -0.2) is 0 Å². The van der Waals surface area contributed by atoms with Crippen LogP contribution in [-0.4, -0.2) is 37.0 Å². The Bertz CT molecular complexity index is 385. The lowest BCUT2D eigenvalue weighted by Crippen LogP contribution is -2.46. The van der Waals surface area contributed by atoms with Gasteiger partial charge in [-0.05, 0) is 66.2 Å². The van der Waals surface area contributed by atoms with E-state index < -0.39 is 0 Å². The molecule has 0 radical (unpaired) electrons. The SMILES string of the molecule is CN(C(=O)c1ccc(I)cc1)[C@H]1CCCNC1. The number of nitrogens with zero attached hydrogens (tertiary/aromatic N) is 1. The summed E-state index contributed by atoms with van der Waals surface area (Å²) in [7, 11) is 1.90. The number of hydrogen-bond donors (Lipinski definition) is 1. The predicted molar refractivity (Wildman–Crippen MR) is 77.1 cm³/mol. The number of halogens is 1. The van der Waals surface area contributed by atoms with Crippen molar-refractivity contribution in [3.63, 3.8) is 0 Å². The Kier molecular flexibility index (Phi) is 4.39. The molecule has 1 fully saturated rings. The molecule has 2 rings (SSSR count). The van der Waals surface area contributed by atoms with Gasteiger partial charge in [0.25, 0.3) is 5.91 Å². The Morgan fingerprint density at radius 2 is 2.12 bits per heavy atom. The van der Waals surface area contributed by atoms with Crippen LogP contribution < -0.4 is 5.32 Å². The second-order valence-electron chi connectivity index (χ2n) is 4.42. The molecule has 1 aromatic rings. The van der Waals surface area contributed by atoms with Crippen LogP contribution in [0.2, 0.25) is 0 Å². The van der Waals surface area contributed by atoms with Crippen LogP contribution in [0, 0.1) is 3.57 Å². The van der Waals surface area contributed by atoms with Gasteiger partial charge in [0.1, 0.15) is 0 Å². The van der Waals surface area contributed by atoms with E-state index in [0.29, 0.717) is 6.04 Å².